The number of benzene rings is 1. The number of carbonyl (C=O) groups is 1. The van der Waals surface area contributed by atoms with E-state index in [0.29, 0.717) is 18.3 Å². The second kappa shape index (κ2) is 5.96. The monoisotopic (exact) mass is 325 g/mol. The van der Waals surface area contributed by atoms with Crippen LogP contribution in [0.1, 0.15) is 28.6 Å². The number of thiophene rings is 1. The third kappa shape index (κ3) is 2.77. The van der Waals surface area contributed by atoms with Gasteiger partial charge in [-0.15, -0.1) is 0 Å². The van der Waals surface area contributed by atoms with Crippen LogP contribution in [-0.2, 0) is 0 Å². The van der Waals surface area contributed by atoms with Gasteiger partial charge in [0.05, 0.1) is 11.5 Å². The summed E-state index contributed by atoms with van der Waals surface area (Å²) in [5.41, 5.74) is 1.69. The molecule has 23 heavy (non-hydrogen) atoms. The predicted octanol–water partition coefficient (Wildman–Crippen LogP) is 3.43. The van der Waals surface area contributed by atoms with Gasteiger partial charge in [0.15, 0.2) is 0 Å². The van der Waals surface area contributed by atoms with Crippen LogP contribution < -0.4 is 0 Å². The van der Waals surface area contributed by atoms with E-state index in [2.05, 4.69) is 10.1 Å². The standard InChI is InChI=1S/C17H15N3O2S/c21-17(14-7-9-23-11-14)20-8-6-13(10-20)16-18-15(19-22-16)12-4-2-1-3-5-12/h1-5,7,9,11,13H,6,8,10H2. The van der Waals surface area contributed by atoms with Gasteiger partial charge in [-0.05, 0) is 17.9 Å². The number of nitrogens with zero attached hydrogens (tertiary/aromatic N) is 3. The Morgan fingerprint density at radius 3 is 2.91 bits per heavy atom. The number of hydrogen-bond donors (Lipinski definition) is 0. The zero-order chi connectivity index (χ0) is 15.6. The van der Waals surface area contributed by atoms with Gasteiger partial charge in [-0.2, -0.15) is 16.3 Å². The highest BCUT2D eigenvalue weighted by atomic mass is 32.1. The molecule has 1 atom stereocenters. The zero-order valence-electron chi connectivity index (χ0n) is 12.4. The third-order valence-electron chi connectivity index (χ3n) is 4.07. The number of likely N-dealkylation sites (tertiary alicyclic amines) is 1. The van der Waals surface area contributed by atoms with Crippen molar-refractivity contribution in [1.82, 2.24) is 15.0 Å². The third-order valence-corrected chi connectivity index (χ3v) is 4.75. The molecule has 3 aromatic rings. The van der Waals surface area contributed by atoms with E-state index in [-0.39, 0.29) is 11.8 Å². The van der Waals surface area contributed by atoms with Crippen LogP contribution in [0.2, 0.25) is 0 Å². The Bertz CT molecular complexity index is 798. The lowest BCUT2D eigenvalue weighted by molar-refractivity contribution is 0.0790. The predicted molar refractivity (Wildman–Crippen MR) is 87.3 cm³/mol. The summed E-state index contributed by atoms with van der Waals surface area (Å²) in [6.45, 7) is 1.35. The van der Waals surface area contributed by atoms with Crippen LogP contribution in [0.15, 0.2) is 51.7 Å². The summed E-state index contributed by atoms with van der Waals surface area (Å²) in [5.74, 6) is 1.41. The fourth-order valence-electron chi connectivity index (χ4n) is 2.82. The lowest BCUT2D eigenvalue weighted by Gasteiger charge is -2.14. The average molecular weight is 325 g/mol. The van der Waals surface area contributed by atoms with E-state index in [1.807, 2.05) is 52.1 Å². The summed E-state index contributed by atoms with van der Waals surface area (Å²) in [7, 11) is 0. The summed E-state index contributed by atoms with van der Waals surface area (Å²) in [4.78, 5) is 18.7. The van der Waals surface area contributed by atoms with E-state index in [0.717, 1.165) is 24.1 Å². The number of amides is 1. The highest BCUT2D eigenvalue weighted by Gasteiger charge is 2.31. The second-order valence-corrected chi connectivity index (χ2v) is 6.35. The van der Waals surface area contributed by atoms with E-state index in [1.54, 1.807) is 0 Å². The molecule has 3 heterocycles. The first kappa shape index (κ1) is 14.1. The van der Waals surface area contributed by atoms with Crippen molar-refractivity contribution in [2.45, 2.75) is 12.3 Å². The molecule has 0 radical (unpaired) electrons. The molecular formula is C17H15N3O2S. The molecule has 4 rings (SSSR count). The van der Waals surface area contributed by atoms with E-state index in [4.69, 9.17) is 4.52 Å². The minimum atomic E-state index is 0.0801. The average Bonchev–Trinajstić information content (AvgIpc) is 3.35. The number of carbonyl (C=O) groups excluding carboxylic acids is 1. The molecule has 5 nitrogen and oxygen atoms in total. The molecule has 1 unspecified atom stereocenters. The molecule has 1 fully saturated rings. The maximum atomic E-state index is 12.4. The van der Waals surface area contributed by atoms with Crippen LogP contribution >= 0.6 is 11.3 Å². The first-order valence-corrected chi connectivity index (χ1v) is 8.46. The molecule has 0 bridgehead atoms. The topological polar surface area (TPSA) is 59.2 Å². The van der Waals surface area contributed by atoms with Crippen molar-refractivity contribution in [2.24, 2.45) is 0 Å². The van der Waals surface area contributed by atoms with Gasteiger partial charge in [0.2, 0.25) is 11.7 Å². The van der Waals surface area contributed by atoms with Crippen molar-refractivity contribution in [2.75, 3.05) is 13.1 Å². The molecule has 1 amide bonds. The highest BCUT2D eigenvalue weighted by Crippen LogP contribution is 2.28. The SMILES string of the molecule is O=C(c1ccsc1)N1CCC(c2nc(-c3ccccc3)no2)C1. The lowest BCUT2D eigenvalue weighted by atomic mass is 10.1. The Hall–Kier alpha value is -2.47. The van der Waals surface area contributed by atoms with Gasteiger partial charge in [-0.1, -0.05) is 35.5 Å². The highest BCUT2D eigenvalue weighted by molar-refractivity contribution is 7.08. The van der Waals surface area contributed by atoms with Crippen LogP contribution in [0.4, 0.5) is 0 Å². The van der Waals surface area contributed by atoms with Gasteiger partial charge in [0.25, 0.3) is 5.91 Å². The minimum absolute atomic E-state index is 0.0801. The molecule has 1 aromatic carbocycles. The maximum Gasteiger partial charge on any atom is 0.254 e. The van der Waals surface area contributed by atoms with Crippen LogP contribution in [0.5, 0.6) is 0 Å². The fraction of sp³-hybridized carbons (Fsp3) is 0.235. The number of hydrogen-bond acceptors (Lipinski definition) is 5. The number of rotatable bonds is 3. The normalized spacial score (nSPS) is 17.6. The molecule has 2 aromatic heterocycles. The Kier molecular flexibility index (Phi) is 3.67. The van der Waals surface area contributed by atoms with Gasteiger partial charge in [-0.3, -0.25) is 4.79 Å². The van der Waals surface area contributed by atoms with Gasteiger partial charge < -0.3 is 9.42 Å². The summed E-state index contributed by atoms with van der Waals surface area (Å²) >= 11 is 1.54. The van der Waals surface area contributed by atoms with Crippen molar-refractivity contribution in [3.63, 3.8) is 0 Å². The van der Waals surface area contributed by atoms with Crippen LogP contribution in [-0.4, -0.2) is 34.0 Å². The second-order valence-electron chi connectivity index (χ2n) is 5.57. The van der Waals surface area contributed by atoms with Crippen LogP contribution in [0, 0.1) is 0 Å². The first-order chi connectivity index (χ1) is 11.3. The van der Waals surface area contributed by atoms with E-state index in [9.17, 15) is 4.79 Å². The van der Waals surface area contributed by atoms with Crippen molar-refractivity contribution in [3.8, 4) is 11.4 Å². The van der Waals surface area contributed by atoms with Crippen molar-refractivity contribution in [1.29, 1.82) is 0 Å². The molecule has 0 spiro atoms. The van der Waals surface area contributed by atoms with E-state index in [1.165, 1.54) is 11.3 Å². The Balaban J connectivity index is 1.48. The molecule has 116 valence electrons. The molecular weight excluding hydrogens is 310 g/mol. The van der Waals surface area contributed by atoms with E-state index < -0.39 is 0 Å². The van der Waals surface area contributed by atoms with Crippen molar-refractivity contribution < 1.29 is 9.32 Å². The quantitative estimate of drug-likeness (QED) is 0.740. The molecule has 0 saturated carbocycles. The summed E-state index contributed by atoms with van der Waals surface area (Å²) < 4.78 is 5.42. The van der Waals surface area contributed by atoms with Crippen molar-refractivity contribution in [3.05, 3.63) is 58.6 Å². The van der Waals surface area contributed by atoms with Gasteiger partial charge in [0.1, 0.15) is 0 Å². The molecule has 0 aliphatic carbocycles. The summed E-state index contributed by atoms with van der Waals surface area (Å²) in [5, 5.41) is 7.87. The van der Waals surface area contributed by atoms with Crippen molar-refractivity contribution >= 4 is 17.2 Å². The van der Waals surface area contributed by atoms with Crippen LogP contribution in [0.3, 0.4) is 0 Å². The summed E-state index contributed by atoms with van der Waals surface area (Å²) in [6, 6.07) is 11.6. The van der Waals surface area contributed by atoms with Gasteiger partial charge in [0, 0.05) is 24.0 Å². The van der Waals surface area contributed by atoms with Gasteiger partial charge in [-0.25, -0.2) is 0 Å². The lowest BCUT2D eigenvalue weighted by Crippen LogP contribution is -2.28. The van der Waals surface area contributed by atoms with Crippen LogP contribution in [0.25, 0.3) is 11.4 Å². The van der Waals surface area contributed by atoms with E-state index >= 15 is 0 Å². The Morgan fingerprint density at radius 2 is 2.13 bits per heavy atom. The summed E-state index contributed by atoms with van der Waals surface area (Å²) in [6.07, 6.45) is 0.853. The zero-order valence-corrected chi connectivity index (χ0v) is 13.2. The number of aromatic nitrogens is 2. The molecule has 1 saturated heterocycles. The molecule has 1 aliphatic rings. The Morgan fingerprint density at radius 1 is 1.26 bits per heavy atom. The molecule has 0 N–H and O–H groups in total. The first-order valence-electron chi connectivity index (χ1n) is 7.52. The fourth-order valence-corrected chi connectivity index (χ4v) is 3.45. The van der Waals surface area contributed by atoms with Gasteiger partial charge >= 0.3 is 0 Å². The Labute approximate surface area is 137 Å². The largest absolute Gasteiger partial charge is 0.339 e. The molecule has 6 heteroatoms. The molecule has 1 aliphatic heterocycles. The smallest absolute Gasteiger partial charge is 0.254 e. The maximum absolute atomic E-state index is 12.4. The minimum Gasteiger partial charge on any atom is -0.339 e.